The van der Waals surface area contributed by atoms with Crippen molar-refractivity contribution in [2.75, 3.05) is 26.0 Å². The van der Waals surface area contributed by atoms with E-state index in [4.69, 9.17) is 0 Å². The molecule has 4 heteroatoms. The Bertz CT molecular complexity index is 420. The maximum absolute atomic E-state index is 12.2. The van der Waals surface area contributed by atoms with Gasteiger partial charge in [-0.15, -0.1) is 0 Å². The van der Waals surface area contributed by atoms with Gasteiger partial charge < -0.3 is 15.5 Å². The second-order valence-electron chi connectivity index (χ2n) is 5.56. The third-order valence-corrected chi connectivity index (χ3v) is 3.49. The molecule has 1 unspecified atom stereocenters. The fraction of sp³-hybridized carbons (Fsp3) is 0.533. The predicted molar refractivity (Wildman–Crippen MR) is 78.3 cm³/mol. The first kappa shape index (κ1) is 13.9. The number of anilines is 1. The highest BCUT2D eigenvalue weighted by Crippen LogP contribution is 2.25. The molecule has 1 heterocycles. The first-order valence-electron chi connectivity index (χ1n) is 6.86. The van der Waals surface area contributed by atoms with Crippen LogP contribution in [0.15, 0.2) is 24.3 Å². The fourth-order valence-corrected chi connectivity index (χ4v) is 2.32. The first-order valence-corrected chi connectivity index (χ1v) is 6.86. The van der Waals surface area contributed by atoms with Crippen LogP contribution in [0.2, 0.25) is 0 Å². The Balaban J connectivity index is 1.82. The van der Waals surface area contributed by atoms with E-state index in [1.165, 1.54) is 5.56 Å². The second kappa shape index (κ2) is 6.06. The lowest BCUT2D eigenvalue weighted by atomic mass is 10.1. The standard InChI is InChI=1S/C15H23N3O/c1-11(8-9-18(2)3)16-15(19)14-10-12-6-4-5-7-13(12)17-14/h4-7,11,14,17H,8-10H2,1-3H3,(H,16,19)/t11?,14-/m0/s1. The number of nitrogens with zero attached hydrogens (tertiary/aromatic N) is 1. The van der Waals surface area contributed by atoms with Gasteiger partial charge in [-0.05, 0) is 45.6 Å². The van der Waals surface area contributed by atoms with E-state index >= 15 is 0 Å². The lowest BCUT2D eigenvalue weighted by Crippen LogP contribution is -2.43. The summed E-state index contributed by atoms with van der Waals surface area (Å²) in [6.07, 6.45) is 1.75. The van der Waals surface area contributed by atoms with Gasteiger partial charge in [-0.25, -0.2) is 0 Å². The molecule has 0 radical (unpaired) electrons. The normalized spacial score (nSPS) is 18.8. The van der Waals surface area contributed by atoms with Crippen LogP contribution in [0.5, 0.6) is 0 Å². The molecule has 0 aliphatic carbocycles. The highest BCUT2D eigenvalue weighted by Gasteiger charge is 2.26. The Labute approximate surface area is 115 Å². The number of benzene rings is 1. The Hall–Kier alpha value is -1.55. The van der Waals surface area contributed by atoms with Crippen LogP contribution >= 0.6 is 0 Å². The van der Waals surface area contributed by atoms with Gasteiger partial charge in [0.2, 0.25) is 5.91 Å². The first-order chi connectivity index (χ1) is 9.06. The van der Waals surface area contributed by atoms with Crippen molar-refractivity contribution < 1.29 is 4.79 Å². The molecule has 0 fully saturated rings. The average Bonchev–Trinajstić information content (AvgIpc) is 2.80. The number of para-hydroxylation sites is 1. The number of nitrogens with one attached hydrogen (secondary N) is 2. The molecule has 104 valence electrons. The maximum atomic E-state index is 12.2. The van der Waals surface area contributed by atoms with E-state index in [2.05, 4.69) is 28.5 Å². The largest absolute Gasteiger partial charge is 0.373 e. The Kier molecular flexibility index (Phi) is 4.43. The molecule has 0 spiro atoms. The summed E-state index contributed by atoms with van der Waals surface area (Å²) in [4.78, 5) is 14.3. The van der Waals surface area contributed by atoms with Crippen LogP contribution < -0.4 is 10.6 Å². The summed E-state index contributed by atoms with van der Waals surface area (Å²) in [5.74, 6) is 0.0995. The summed E-state index contributed by atoms with van der Waals surface area (Å²) >= 11 is 0. The van der Waals surface area contributed by atoms with Crippen molar-refractivity contribution in [1.29, 1.82) is 0 Å². The van der Waals surface area contributed by atoms with Crippen LogP contribution in [-0.2, 0) is 11.2 Å². The highest BCUT2D eigenvalue weighted by atomic mass is 16.2. The minimum atomic E-state index is -0.126. The van der Waals surface area contributed by atoms with Crippen molar-refractivity contribution >= 4 is 11.6 Å². The Morgan fingerprint density at radius 1 is 1.47 bits per heavy atom. The third kappa shape index (κ3) is 3.70. The highest BCUT2D eigenvalue weighted by molar-refractivity contribution is 5.87. The summed E-state index contributed by atoms with van der Waals surface area (Å²) in [5, 5.41) is 6.37. The zero-order valence-corrected chi connectivity index (χ0v) is 11.9. The molecule has 1 aromatic carbocycles. The minimum Gasteiger partial charge on any atom is -0.373 e. The molecule has 2 rings (SSSR count). The van der Waals surface area contributed by atoms with E-state index in [9.17, 15) is 4.79 Å². The molecule has 0 bridgehead atoms. The van der Waals surface area contributed by atoms with Crippen molar-refractivity contribution in [2.45, 2.75) is 31.8 Å². The fourth-order valence-electron chi connectivity index (χ4n) is 2.32. The summed E-state index contributed by atoms with van der Waals surface area (Å²) < 4.78 is 0. The van der Waals surface area contributed by atoms with Crippen LogP contribution in [0.4, 0.5) is 5.69 Å². The lowest BCUT2D eigenvalue weighted by molar-refractivity contribution is -0.122. The van der Waals surface area contributed by atoms with Gasteiger partial charge in [0.15, 0.2) is 0 Å². The van der Waals surface area contributed by atoms with Gasteiger partial charge >= 0.3 is 0 Å². The van der Waals surface area contributed by atoms with Crippen LogP contribution in [0.25, 0.3) is 0 Å². The number of amides is 1. The van der Waals surface area contributed by atoms with E-state index in [0.717, 1.165) is 25.1 Å². The number of hydrogen-bond donors (Lipinski definition) is 2. The predicted octanol–water partition coefficient (Wildman–Crippen LogP) is 1.48. The number of fused-ring (bicyclic) bond motifs is 1. The molecule has 0 saturated carbocycles. The molecular formula is C15H23N3O. The van der Waals surface area contributed by atoms with E-state index in [1.54, 1.807) is 0 Å². The van der Waals surface area contributed by atoms with Gasteiger partial charge in [-0.2, -0.15) is 0 Å². The summed E-state index contributed by atoms with van der Waals surface area (Å²) in [7, 11) is 4.09. The molecule has 0 aromatic heterocycles. The van der Waals surface area contributed by atoms with Crippen molar-refractivity contribution in [3.05, 3.63) is 29.8 Å². The summed E-state index contributed by atoms with van der Waals surface area (Å²) in [5.41, 5.74) is 2.31. The lowest BCUT2D eigenvalue weighted by Gasteiger charge is -2.19. The van der Waals surface area contributed by atoms with Crippen molar-refractivity contribution in [2.24, 2.45) is 0 Å². The molecule has 4 nitrogen and oxygen atoms in total. The zero-order chi connectivity index (χ0) is 13.8. The topological polar surface area (TPSA) is 44.4 Å². The van der Waals surface area contributed by atoms with E-state index in [-0.39, 0.29) is 18.0 Å². The van der Waals surface area contributed by atoms with Gasteiger partial charge in [0, 0.05) is 18.2 Å². The number of hydrogen-bond acceptors (Lipinski definition) is 3. The van der Waals surface area contributed by atoms with Gasteiger partial charge in [0.05, 0.1) is 0 Å². The van der Waals surface area contributed by atoms with E-state index in [1.807, 2.05) is 32.3 Å². The molecule has 2 atom stereocenters. The van der Waals surface area contributed by atoms with Gasteiger partial charge in [0.25, 0.3) is 0 Å². The van der Waals surface area contributed by atoms with Crippen LogP contribution in [-0.4, -0.2) is 43.5 Å². The van der Waals surface area contributed by atoms with E-state index in [0.29, 0.717) is 0 Å². The SMILES string of the molecule is CC(CCN(C)C)NC(=O)[C@@H]1Cc2ccccc2N1. The Morgan fingerprint density at radius 2 is 2.21 bits per heavy atom. The molecule has 1 aliphatic rings. The van der Waals surface area contributed by atoms with Crippen molar-refractivity contribution in [1.82, 2.24) is 10.2 Å². The zero-order valence-electron chi connectivity index (χ0n) is 11.9. The molecule has 0 saturated heterocycles. The smallest absolute Gasteiger partial charge is 0.243 e. The Morgan fingerprint density at radius 3 is 2.89 bits per heavy atom. The molecule has 1 amide bonds. The second-order valence-corrected chi connectivity index (χ2v) is 5.56. The van der Waals surface area contributed by atoms with Crippen molar-refractivity contribution in [3.8, 4) is 0 Å². The van der Waals surface area contributed by atoms with Gasteiger partial charge in [0.1, 0.15) is 6.04 Å². The third-order valence-electron chi connectivity index (χ3n) is 3.49. The monoisotopic (exact) mass is 261 g/mol. The van der Waals surface area contributed by atoms with Crippen LogP contribution in [0.3, 0.4) is 0 Å². The number of carbonyl (C=O) groups excluding carboxylic acids is 1. The molecule has 2 N–H and O–H groups in total. The molecule has 1 aliphatic heterocycles. The van der Waals surface area contributed by atoms with Gasteiger partial charge in [-0.3, -0.25) is 4.79 Å². The summed E-state index contributed by atoms with van der Waals surface area (Å²) in [6, 6.07) is 8.19. The van der Waals surface area contributed by atoms with Gasteiger partial charge in [-0.1, -0.05) is 18.2 Å². The van der Waals surface area contributed by atoms with Crippen molar-refractivity contribution in [3.63, 3.8) is 0 Å². The molecule has 19 heavy (non-hydrogen) atoms. The van der Waals surface area contributed by atoms with E-state index < -0.39 is 0 Å². The quantitative estimate of drug-likeness (QED) is 0.844. The maximum Gasteiger partial charge on any atom is 0.243 e. The average molecular weight is 261 g/mol. The summed E-state index contributed by atoms with van der Waals surface area (Å²) in [6.45, 7) is 3.04. The number of carbonyl (C=O) groups is 1. The van der Waals surface area contributed by atoms with Crippen LogP contribution in [0.1, 0.15) is 18.9 Å². The molecule has 1 aromatic rings. The minimum absolute atomic E-state index is 0.0995. The molecular weight excluding hydrogens is 238 g/mol. The number of rotatable bonds is 5. The van der Waals surface area contributed by atoms with Crippen LogP contribution in [0, 0.1) is 0 Å².